The minimum atomic E-state index is 0.0124. The predicted molar refractivity (Wildman–Crippen MR) is 121 cm³/mol. The summed E-state index contributed by atoms with van der Waals surface area (Å²) in [5, 5.41) is 4.29. The van der Waals surface area contributed by atoms with Crippen molar-refractivity contribution < 1.29 is 4.79 Å². The normalized spacial score (nSPS) is 10.8. The number of rotatable bonds is 8. The Hall–Kier alpha value is -3.60. The van der Waals surface area contributed by atoms with Gasteiger partial charge in [0.2, 0.25) is 5.91 Å². The number of nitrogens with zero attached hydrogens (tertiary/aromatic N) is 2. The molecule has 0 aliphatic rings. The average molecular weight is 399 g/mol. The number of pyridine rings is 1. The minimum Gasteiger partial charge on any atom is -0.361 e. The van der Waals surface area contributed by atoms with E-state index < -0.39 is 0 Å². The maximum atomic E-state index is 12.7. The number of aryl methyl sites for hydroxylation is 1. The van der Waals surface area contributed by atoms with E-state index >= 15 is 0 Å². The van der Waals surface area contributed by atoms with Gasteiger partial charge in [-0.3, -0.25) is 9.78 Å². The van der Waals surface area contributed by atoms with Crippen LogP contribution in [0.15, 0.2) is 79.3 Å². The molecule has 2 aromatic heterocycles. The van der Waals surface area contributed by atoms with Crippen LogP contribution in [0, 0.1) is 6.92 Å². The predicted octanol–water partition coefficient (Wildman–Crippen LogP) is 4.24. The second-order valence-electron chi connectivity index (χ2n) is 7.52. The molecule has 152 valence electrons. The highest BCUT2D eigenvalue weighted by atomic mass is 16.2. The van der Waals surface area contributed by atoms with Crippen LogP contribution >= 0.6 is 0 Å². The fourth-order valence-corrected chi connectivity index (χ4v) is 3.66. The summed E-state index contributed by atoms with van der Waals surface area (Å²) >= 11 is 0. The Balaban J connectivity index is 1.37. The Bertz CT molecular complexity index is 1110. The zero-order valence-corrected chi connectivity index (χ0v) is 17.1. The number of fused-ring (bicyclic) bond motifs is 1. The highest BCUT2D eigenvalue weighted by Crippen LogP contribution is 2.20. The summed E-state index contributed by atoms with van der Waals surface area (Å²) in [6.45, 7) is 3.62. The van der Waals surface area contributed by atoms with Gasteiger partial charge < -0.3 is 15.2 Å². The SMILES string of the molecule is Cc1ccc2c(CCNC(=O)CN(Cc3cccnc3)c3ccccc3)c[nH]c2c1. The quantitative estimate of drug-likeness (QED) is 0.467. The van der Waals surface area contributed by atoms with Gasteiger partial charge in [-0.25, -0.2) is 0 Å². The van der Waals surface area contributed by atoms with Gasteiger partial charge in [0.05, 0.1) is 6.54 Å². The van der Waals surface area contributed by atoms with Crippen molar-refractivity contribution >= 4 is 22.5 Å². The van der Waals surface area contributed by atoms with Crippen LogP contribution in [0.4, 0.5) is 5.69 Å². The number of amides is 1. The minimum absolute atomic E-state index is 0.0124. The van der Waals surface area contributed by atoms with Crippen LogP contribution in [0.2, 0.25) is 0 Å². The van der Waals surface area contributed by atoms with Gasteiger partial charge in [-0.15, -0.1) is 0 Å². The van der Waals surface area contributed by atoms with Crippen LogP contribution in [-0.4, -0.2) is 29.0 Å². The molecular formula is C25H26N4O. The lowest BCUT2D eigenvalue weighted by Crippen LogP contribution is -2.37. The van der Waals surface area contributed by atoms with Gasteiger partial charge in [0, 0.05) is 48.3 Å². The van der Waals surface area contributed by atoms with Crippen molar-refractivity contribution in [1.29, 1.82) is 0 Å². The summed E-state index contributed by atoms with van der Waals surface area (Å²) in [7, 11) is 0. The molecule has 4 rings (SSSR count). The molecule has 0 saturated heterocycles. The van der Waals surface area contributed by atoms with Crippen LogP contribution in [0.1, 0.15) is 16.7 Å². The van der Waals surface area contributed by atoms with Gasteiger partial charge >= 0.3 is 0 Å². The zero-order chi connectivity index (χ0) is 20.8. The monoisotopic (exact) mass is 398 g/mol. The zero-order valence-electron chi connectivity index (χ0n) is 17.1. The summed E-state index contributed by atoms with van der Waals surface area (Å²) in [5.41, 5.74) is 5.69. The number of carbonyl (C=O) groups excluding carboxylic acids is 1. The fourth-order valence-electron chi connectivity index (χ4n) is 3.66. The number of H-pyrrole nitrogens is 1. The lowest BCUT2D eigenvalue weighted by atomic mass is 10.1. The first kappa shape index (κ1) is 19.7. The lowest BCUT2D eigenvalue weighted by Gasteiger charge is -2.24. The molecule has 0 bridgehead atoms. The fraction of sp³-hybridized carbons (Fsp3) is 0.200. The summed E-state index contributed by atoms with van der Waals surface area (Å²) in [6, 6.07) is 20.4. The van der Waals surface area contributed by atoms with Gasteiger partial charge in [-0.05, 0) is 54.3 Å². The van der Waals surface area contributed by atoms with Crippen molar-refractivity contribution in [2.24, 2.45) is 0 Å². The molecule has 2 heterocycles. The molecule has 5 heteroatoms. The third-order valence-electron chi connectivity index (χ3n) is 5.19. The molecule has 0 aliphatic heterocycles. The van der Waals surface area contributed by atoms with E-state index in [0.717, 1.165) is 23.2 Å². The third kappa shape index (κ3) is 4.87. The van der Waals surface area contributed by atoms with Crippen molar-refractivity contribution in [2.45, 2.75) is 19.9 Å². The first-order valence-electron chi connectivity index (χ1n) is 10.2. The van der Waals surface area contributed by atoms with Gasteiger partial charge in [-0.1, -0.05) is 36.4 Å². The number of aromatic amines is 1. The van der Waals surface area contributed by atoms with Crippen molar-refractivity contribution in [3.63, 3.8) is 0 Å². The van der Waals surface area contributed by atoms with E-state index in [-0.39, 0.29) is 5.91 Å². The van der Waals surface area contributed by atoms with Crippen molar-refractivity contribution in [1.82, 2.24) is 15.3 Å². The molecule has 2 N–H and O–H groups in total. The Kier molecular flexibility index (Phi) is 6.09. The van der Waals surface area contributed by atoms with Crippen LogP contribution in [0.25, 0.3) is 10.9 Å². The Morgan fingerprint density at radius 3 is 2.77 bits per heavy atom. The number of anilines is 1. The number of benzene rings is 2. The molecule has 2 aromatic carbocycles. The van der Waals surface area contributed by atoms with Gasteiger partial charge in [0.15, 0.2) is 0 Å². The first-order valence-corrected chi connectivity index (χ1v) is 10.2. The molecule has 0 atom stereocenters. The smallest absolute Gasteiger partial charge is 0.239 e. The van der Waals surface area contributed by atoms with Crippen molar-refractivity contribution in [2.75, 3.05) is 18.0 Å². The average Bonchev–Trinajstić information content (AvgIpc) is 3.16. The molecule has 1 amide bonds. The molecular weight excluding hydrogens is 372 g/mol. The van der Waals surface area contributed by atoms with E-state index in [1.807, 2.05) is 54.9 Å². The van der Waals surface area contributed by atoms with E-state index in [2.05, 4.69) is 45.3 Å². The van der Waals surface area contributed by atoms with Crippen LogP contribution in [0.5, 0.6) is 0 Å². The van der Waals surface area contributed by atoms with Crippen molar-refractivity contribution in [3.8, 4) is 0 Å². The van der Waals surface area contributed by atoms with Crippen LogP contribution < -0.4 is 10.2 Å². The van der Waals surface area contributed by atoms with E-state index in [0.29, 0.717) is 19.6 Å². The highest BCUT2D eigenvalue weighted by molar-refractivity contribution is 5.84. The van der Waals surface area contributed by atoms with Gasteiger partial charge in [-0.2, -0.15) is 0 Å². The molecule has 0 fully saturated rings. The topological polar surface area (TPSA) is 61.0 Å². The number of carbonyl (C=O) groups is 1. The molecule has 30 heavy (non-hydrogen) atoms. The number of para-hydroxylation sites is 1. The third-order valence-corrected chi connectivity index (χ3v) is 5.19. The summed E-state index contributed by atoms with van der Waals surface area (Å²) in [5.74, 6) is 0.0124. The van der Waals surface area contributed by atoms with E-state index in [1.165, 1.54) is 16.5 Å². The second kappa shape index (κ2) is 9.27. The number of nitrogens with one attached hydrogen (secondary N) is 2. The number of hydrogen-bond donors (Lipinski definition) is 2. The Morgan fingerprint density at radius 1 is 1.10 bits per heavy atom. The summed E-state index contributed by atoms with van der Waals surface area (Å²) in [6.07, 6.45) is 6.43. The molecule has 0 spiro atoms. The van der Waals surface area contributed by atoms with E-state index in [9.17, 15) is 4.79 Å². The molecule has 0 aliphatic carbocycles. The van der Waals surface area contributed by atoms with E-state index in [4.69, 9.17) is 0 Å². The summed E-state index contributed by atoms with van der Waals surface area (Å²) in [4.78, 5) is 22.3. The van der Waals surface area contributed by atoms with Crippen LogP contribution in [-0.2, 0) is 17.8 Å². The second-order valence-corrected chi connectivity index (χ2v) is 7.52. The Morgan fingerprint density at radius 2 is 1.97 bits per heavy atom. The molecule has 5 nitrogen and oxygen atoms in total. The first-order chi connectivity index (χ1) is 14.7. The lowest BCUT2D eigenvalue weighted by molar-refractivity contribution is -0.119. The molecule has 0 saturated carbocycles. The maximum absolute atomic E-state index is 12.7. The largest absolute Gasteiger partial charge is 0.361 e. The molecule has 4 aromatic rings. The molecule has 0 radical (unpaired) electrons. The van der Waals surface area contributed by atoms with Gasteiger partial charge in [0.25, 0.3) is 0 Å². The van der Waals surface area contributed by atoms with Crippen LogP contribution in [0.3, 0.4) is 0 Å². The van der Waals surface area contributed by atoms with Crippen molar-refractivity contribution in [3.05, 3.63) is 95.9 Å². The highest BCUT2D eigenvalue weighted by Gasteiger charge is 2.13. The molecule has 0 unspecified atom stereocenters. The standard InChI is InChI=1S/C25H26N4O/c1-19-9-10-23-21(16-28-24(23)14-19)11-13-27-25(30)18-29(22-7-3-2-4-8-22)17-20-6-5-12-26-15-20/h2-10,12,14-16,28H,11,13,17-18H2,1H3,(H,27,30). The van der Waals surface area contributed by atoms with Gasteiger partial charge in [0.1, 0.15) is 0 Å². The van der Waals surface area contributed by atoms with E-state index in [1.54, 1.807) is 6.20 Å². The Labute approximate surface area is 176 Å². The summed E-state index contributed by atoms with van der Waals surface area (Å²) < 4.78 is 0. The maximum Gasteiger partial charge on any atom is 0.239 e. The number of hydrogen-bond acceptors (Lipinski definition) is 3. The number of aromatic nitrogens is 2.